The molecule has 25 heavy (non-hydrogen) atoms. The van der Waals surface area contributed by atoms with Gasteiger partial charge in [0.25, 0.3) is 5.56 Å². The molecule has 0 unspecified atom stereocenters. The van der Waals surface area contributed by atoms with Gasteiger partial charge in [-0.15, -0.1) is 0 Å². The lowest BCUT2D eigenvalue weighted by molar-refractivity contribution is 0.0695. The van der Waals surface area contributed by atoms with E-state index in [0.717, 1.165) is 6.04 Å². The molecule has 0 aliphatic carbocycles. The summed E-state index contributed by atoms with van der Waals surface area (Å²) >= 11 is 0. The smallest absolute Gasteiger partial charge is 0.335 e. The fourth-order valence-corrected chi connectivity index (χ4v) is 3.10. The number of hydrogen-bond donors (Lipinski definition) is 1. The van der Waals surface area contributed by atoms with E-state index in [1.54, 1.807) is 24.9 Å². The summed E-state index contributed by atoms with van der Waals surface area (Å²) in [7, 11) is 0.495. The highest BCUT2D eigenvalue weighted by molar-refractivity contribution is 6.76. The standard InChI is InChI=1S/C17H25N3O4Si/c1-12-8-13(17(22)23)9-15(18-12)14-10-20(19(2)16(14)21)11-24-6-7-25(3,4)5/h8-10H,6-7,11H2,1-5H3,(H,22,23). The van der Waals surface area contributed by atoms with E-state index in [1.165, 1.54) is 16.8 Å². The Labute approximate surface area is 147 Å². The molecule has 0 bridgehead atoms. The molecule has 0 aliphatic rings. The van der Waals surface area contributed by atoms with Crippen molar-refractivity contribution < 1.29 is 14.6 Å². The van der Waals surface area contributed by atoms with Crippen molar-refractivity contribution in [1.29, 1.82) is 0 Å². The summed E-state index contributed by atoms with van der Waals surface area (Å²) in [6, 6.07) is 3.95. The highest BCUT2D eigenvalue weighted by Crippen LogP contribution is 2.17. The summed E-state index contributed by atoms with van der Waals surface area (Å²) in [5.74, 6) is -1.04. The summed E-state index contributed by atoms with van der Waals surface area (Å²) in [4.78, 5) is 28.0. The molecule has 136 valence electrons. The van der Waals surface area contributed by atoms with Gasteiger partial charge in [-0.1, -0.05) is 19.6 Å². The monoisotopic (exact) mass is 363 g/mol. The van der Waals surface area contributed by atoms with Crippen molar-refractivity contribution in [1.82, 2.24) is 14.3 Å². The van der Waals surface area contributed by atoms with E-state index in [-0.39, 0.29) is 17.9 Å². The summed E-state index contributed by atoms with van der Waals surface area (Å²) < 4.78 is 8.82. The number of aryl methyl sites for hydroxylation is 1. The van der Waals surface area contributed by atoms with Crippen LogP contribution in [0.15, 0.2) is 23.1 Å². The Kier molecular flexibility index (Phi) is 5.64. The lowest BCUT2D eigenvalue weighted by Gasteiger charge is -2.16. The number of hydrogen-bond acceptors (Lipinski definition) is 4. The number of rotatable bonds is 7. The first-order valence-corrected chi connectivity index (χ1v) is 11.9. The minimum Gasteiger partial charge on any atom is -0.478 e. The second-order valence-electron chi connectivity index (χ2n) is 7.35. The fourth-order valence-electron chi connectivity index (χ4n) is 2.35. The molecule has 2 heterocycles. The van der Waals surface area contributed by atoms with E-state index < -0.39 is 14.0 Å². The largest absolute Gasteiger partial charge is 0.478 e. The number of pyridine rings is 1. The molecule has 0 radical (unpaired) electrons. The van der Waals surface area contributed by atoms with Gasteiger partial charge < -0.3 is 9.84 Å². The molecule has 0 spiro atoms. The number of aromatic carboxylic acids is 1. The molecule has 0 amide bonds. The number of nitrogens with zero attached hydrogens (tertiary/aromatic N) is 3. The van der Waals surface area contributed by atoms with Crippen molar-refractivity contribution in [2.75, 3.05) is 6.61 Å². The second kappa shape index (κ2) is 7.36. The Hall–Kier alpha value is -2.19. The summed E-state index contributed by atoms with van der Waals surface area (Å²) in [5.41, 5.74) is 1.16. The molecular formula is C17H25N3O4Si. The second-order valence-corrected chi connectivity index (χ2v) is 13.0. The Bertz CT molecular complexity index is 833. The van der Waals surface area contributed by atoms with Crippen molar-refractivity contribution in [2.24, 2.45) is 7.05 Å². The molecule has 0 aliphatic heterocycles. The molecular weight excluding hydrogens is 338 g/mol. The molecule has 7 nitrogen and oxygen atoms in total. The zero-order valence-electron chi connectivity index (χ0n) is 15.4. The van der Waals surface area contributed by atoms with Gasteiger partial charge in [-0.25, -0.2) is 4.79 Å². The van der Waals surface area contributed by atoms with Crippen LogP contribution in [0.25, 0.3) is 11.3 Å². The highest BCUT2D eigenvalue weighted by Gasteiger charge is 2.16. The van der Waals surface area contributed by atoms with Gasteiger partial charge in [0.05, 0.1) is 16.8 Å². The quantitative estimate of drug-likeness (QED) is 0.603. The zero-order valence-corrected chi connectivity index (χ0v) is 16.4. The first-order chi connectivity index (χ1) is 11.6. The molecule has 1 N–H and O–H groups in total. The van der Waals surface area contributed by atoms with Gasteiger partial charge in [-0.2, -0.15) is 0 Å². The van der Waals surface area contributed by atoms with Crippen LogP contribution in [-0.4, -0.2) is 40.1 Å². The molecule has 2 rings (SSSR count). The lowest BCUT2D eigenvalue weighted by atomic mass is 10.1. The number of carbonyl (C=O) groups is 1. The molecule has 0 saturated carbocycles. The Morgan fingerprint density at radius 3 is 2.60 bits per heavy atom. The van der Waals surface area contributed by atoms with Crippen LogP contribution in [0.1, 0.15) is 16.1 Å². The van der Waals surface area contributed by atoms with Gasteiger partial charge in [0.15, 0.2) is 0 Å². The van der Waals surface area contributed by atoms with Gasteiger partial charge in [-0.05, 0) is 25.1 Å². The predicted molar refractivity (Wildman–Crippen MR) is 98.7 cm³/mol. The minimum absolute atomic E-state index is 0.115. The highest BCUT2D eigenvalue weighted by atomic mass is 28.3. The Morgan fingerprint density at radius 1 is 1.32 bits per heavy atom. The van der Waals surface area contributed by atoms with Crippen LogP contribution in [0.3, 0.4) is 0 Å². The van der Waals surface area contributed by atoms with Crippen molar-refractivity contribution >= 4 is 14.0 Å². The van der Waals surface area contributed by atoms with E-state index >= 15 is 0 Å². The fraction of sp³-hybridized carbons (Fsp3) is 0.471. The summed E-state index contributed by atoms with van der Waals surface area (Å²) in [5, 5.41) is 9.19. The molecule has 0 atom stereocenters. The van der Waals surface area contributed by atoms with Crippen molar-refractivity contribution in [3.05, 3.63) is 39.9 Å². The Morgan fingerprint density at radius 2 is 2.00 bits per heavy atom. The number of carboxylic acid groups (broad SMARTS) is 1. The number of carboxylic acids is 1. The zero-order chi connectivity index (χ0) is 18.8. The van der Waals surface area contributed by atoms with Crippen LogP contribution in [0, 0.1) is 6.92 Å². The molecule has 0 saturated heterocycles. The molecule has 0 fully saturated rings. The maximum absolute atomic E-state index is 12.5. The molecule has 2 aromatic rings. The number of aromatic nitrogens is 3. The average molecular weight is 363 g/mol. The van der Waals surface area contributed by atoms with Crippen LogP contribution in [-0.2, 0) is 18.5 Å². The van der Waals surface area contributed by atoms with Gasteiger partial charge in [0.1, 0.15) is 6.73 Å². The third-order valence-electron chi connectivity index (χ3n) is 3.88. The first-order valence-electron chi connectivity index (χ1n) is 8.15. The van der Waals surface area contributed by atoms with E-state index in [2.05, 4.69) is 24.6 Å². The molecule has 0 aromatic carbocycles. The normalized spacial score (nSPS) is 11.7. The maximum atomic E-state index is 12.5. The van der Waals surface area contributed by atoms with Crippen molar-refractivity contribution in [3.8, 4) is 11.3 Å². The third-order valence-corrected chi connectivity index (χ3v) is 5.59. The maximum Gasteiger partial charge on any atom is 0.335 e. The average Bonchev–Trinajstić information content (AvgIpc) is 2.78. The molecule has 2 aromatic heterocycles. The first kappa shape index (κ1) is 19.1. The molecule has 8 heteroatoms. The van der Waals surface area contributed by atoms with Crippen LogP contribution < -0.4 is 5.56 Å². The number of ether oxygens (including phenoxy) is 1. The van der Waals surface area contributed by atoms with Crippen LogP contribution in [0.2, 0.25) is 25.7 Å². The minimum atomic E-state index is -1.16. The summed E-state index contributed by atoms with van der Waals surface area (Å²) in [6.07, 6.45) is 1.66. The van der Waals surface area contributed by atoms with Crippen molar-refractivity contribution in [2.45, 2.75) is 39.3 Å². The Balaban J connectivity index is 2.24. The van der Waals surface area contributed by atoms with Crippen LogP contribution in [0.5, 0.6) is 0 Å². The van der Waals surface area contributed by atoms with Gasteiger partial charge in [0.2, 0.25) is 0 Å². The van der Waals surface area contributed by atoms with E-state index in [4.69, 9.17) is 4.74 Å². The van der Waals surface area contributed by atoms with Crippen LogP contribution in [0.4, 0.5) is 0 Å². The van der Waals surface area contributed by atoms with Crippen LogP contribution >= 0.6 is 0 Å². The van der Waals surface area contributed by atoms with Crippen molar-refractivity contribution in [3.63, 3.8) is 0 Å². The third kappa shape index (κ3) is 4.89. The van der Waals surface area contributed by atoms with E-state index in [1.807, 2.05) is 0 Å². The lowest BCUT2D eigenvalue weighted by Crippen LogP contribution is -2.24. The van der Waals surface area contributed by atoms with Gasteiger partial charge in [0, 0.05) is 33.6 Å². The topological polar surface area (TPSA) is 86.3 Å². The van der Waals surface area contributed by atoms with Gasteiger partial charge >= 0.3 is 5.97 Å². The SMILES string of the molecule is Cc1cc(C(=O)O)cc(-c2cn(COCC[Si](C)(C)C)n(C)c2=O)n1. The van der Waals surface area contributed by atoms with E-state index in [0.29, 0.717) is 23.6 Å². The summed E-state index contributed by atoms with van der Waals surface area (Å²) in [6.45, 7) is 9.48. The van der Waals surface area contributed by atoms with Gasteiger partial charge in [-0.3, -0.25) is 19.1 Å². The van der Waals surface area contributed by atoms with E-state index in [9.17, 15) is 14.7 Å². The predicted octanol–water partition coefficient (Wildman–Crippen LogP) is 2.57.